The number of nitriles is 1. The zero-order chi connectivity index (χ0) is 7.40. The molecular formula is C7H7N3. The standard InChI is InChI=1S/C7H7N3/c1-6-7(4-8)2-3-9-5-10-6/h3,5H,2H2,1H3. The molecule has 0 N–H and O–H groups in total. The Labute approximate surface area is 59.4 Å². The van der Waals surface area contributed by atoms with Crippen LogP contribution in [-0.4, -0.2) is 12.6 Å². The van der Waals surface area contributed by atoms with Gasteiger partial charge in [0, 0.05) is 12.6 Å². The molecule has 0 unspecified atom stereocenters. The van der Waals surface area contributed by atoms with Gasteiger partial charge in [0.05, 0.1) is 17.3 Å². The molecule has 3 nitrogen and oxygen atoms in total. The second-order valence-electron chi connectivity index (χ2n) is 1.96. The van der Waals surface area contributed by atoms with Gasteiger partial charge in [-0.1, -0.05) is 0 Å². The predicted molar refractivity (Wildman–Crippen MR) is 39.9 cm³/mol. The smallest absolute Gasteiger partial charge is 0.115 e. The summed E-state index contributed by atoms with van der Waals surface area (Å²) in [4.78, 5) is 7.72. The lowest BCUT2D eigenvalue weighted by Gasteiger charge is -1.90. The van der Waals surface area contributed by atoms with Crippen molar-refractivity contribution in [2.24, 2.45) is 9.98 Å². The maximum Gasteiger partial charge on any atom is 0.115 e. The van der Waals surface area contributed by atoms with Gasteiger partial charge in [-0.2, -0.15) is 5.26 Å². The van der Waals surface area contributed by atoms with E-state index >= 15 is 0 Å². The van der Waals surface area contributed by atoms with Crippen molar-refractivity contribution in [3.8, 4) is 6.07 Å². The highest BCUT2D eigenvalue weighted by Gasteiger charge is 1.99. The first-order chi connectivity index (χ1) is 4.84. The van der Waals surface area contributed by atoms with Gasteiger partial charge in [-0.05, 0) is 6.92 Å². The van der Waals surface area contributed by atoms with Crippen LogP contribution in [0.3, 0.4) is 0 Å². The molecular weight excluding hydrogens is 126 g/mol. The van der Waals surface area contributed by atoms with E-state index in [-0.39, 0.29) is 0 Å². The zero-order valence-corrected chi connectivity index (χ0v) is 5.70. The zero-order valence-electron chi connectivity index (χ0n) is 5.70. The Morgan fingerprint density at radius 1 is 1.70 bits per heavy atom. The molecule has 10 heavy (non-hydrogen) atoms. The fourth-order valence-corrected chi connectivity index (χ4v) is 0.663. The van der Waals surface area contributed by atoms with Crippen molar-refractivity contribution < 1.29 is 0 Å². The number of rotatable bonds is 0. The lowest BCUT2D eigenvalue weighted by molar-refractivity contribution is 1.21. The molecule has 0 amide bonds. The lowest BCUT2D eigenvalue weighted by Crippen LogP contribution is -1.82. The van der Waals surface area contributed by atoms with E-state index in [2.05, 4.69) is 16.1 Å². The molecule has 0 atom stereocenters. The number of hydrogen-bond donors (Lipinski definition) is 0. The largest absolute Gasteiger partial charge is 0.249 e. The minimum Gasteiger partial charge on any atom is -0.249 e. The van der Waals surface area contributed by atoms with Crippen LogP contribution in [0.2, 0.25) is 0 Å². The Morgan fingerprint density at radius 3 is 3.20 bits per heavy atom. The average molecular weight is 133 g/mol. The Bertz CT molecular complexity index is 253. The third-order valence-corrected chi connectivity index (χ3v) is 1.29. The van der Waals surface area contributed by atoms with E-state index in [0.29, 0.717) is 12.0 Å². The first-order valence-corrected chi connectivity index (χ1v) is 2.98. The number of aliphatic imine (C=N–C) groups is 2. The van der Waals surface area contributed by atoms with Crippen LogP contribution < -0.4 is 0 Å². The fourth-order valence-electron chi connectivity index (χ4n) is 0.663. The minimum atomic E-state index is 0.600. The first kappa shape index (κ1) is 6.69. The van der Waals surface area contributed by atoms with Gasteiger partial charge in [-0.25, -0.2) is 9.98 Å². The van der Waals surface area contributed by atoms with Crippen LogP contribution in [0.5, 0.6) is 0 Å². The number of allylic oxidation sites excluding steroid dienone is 2. The van der Waals surface area contributed by atoms with E-state index in [9.17, 15) is 0 Å². The Morgan fingerprint density at radius 2 is 2.50 bits per heavy atom. The molecule has 0 radical (unpaired) electrons. The van der Waals surface area contributed by atoms with Crippen LogP contribution in [0.1, 0.15) is 13.3 Å². The molecule has 1 rings (SSSR count). The summed E-state index contributed by atoms with van der Waals surface area (Å²) in [5.74, 6) is 0. The molecule has 0 aromatic heterocycles. The number of nitrogens with zero attached hydrogens (tertiary/aromatic N) is 3. The van der Waals surface area contributed by atoms with Gasteiger partial charge >= 0.3 is 0 Å². The van der Waals surface area contributed by atoms with Gasteiger partial charge in [-0.3, -0.25) is 0 Å². The molecule has 1 aliphatic heterocycles. The van der Waals surface area contributed by atoms with Crippen molar-refractivity contribution in [3.05, 3.63) is 11.3 Å². The summed E-state index contributed by atoms with van der Waals surface area (Å²) in [6, 6.07) is 2.07. The molecule has 0 aromatic rings. The summed E-state index contributed by atoms with van der Waals surface area (Å²) < 4.78 is 0. The molecule has 3 heteroatoms. The summed E-state index contributed by atoms with van der Waals surface area (Å²) in [6.07, 6.45) is 3.74. The minimum absolute atomic E-state index is 0.600. The molecule has 0 saturated carbocycles. The highest BCUT2D eigenvalue weighted by Crippen LogP contribution is 2.08. The van der Waals surface area contributed by atoms with E-state index in [1.807, 2.05) is 6.92 Å². The van der Waals surface area contributed by atoms with Crippen LogP contribution in [0, 0.1) is 11.3 Å². The van der Waals surface area contributed by atoms with Crippen molar-refractivity contribution >= 4 is 12.6 Å². The molecule has 0 saturated heterocycles. The van der Waals surface area contributed by atoms with Gasteiger partial charge in [0.15, 0.2) is 0 Å². The van der Waals surface area contributed by atoms with Crippen molar-refractivity contribution in [2.75, 3.05) is 0 Å². The summed E-state index contributed by atoms with van der Waals surface area (Å²) in [5, 5.41) is 8.54. The van der Waals surface area contributed by atoms with Gasteiger partial charge < -0.3 is 0 Å². The second-order valence-corrected chi connectivity index (χ2v) is 1.96. The molecule has 50 valence electrons. The average Bonchev–Trinajstić information content (AvgIpc) is 2.13. The second kappa shape index (κ2) is 2.92. The predicted octanol–water partition coefficient (Wildman–Crippen LogP) is 1.29. The van der Waals surface area contributed by atoms with E-state index in [1.54, 1.807) is 6.21 Å². The fraction of sp³-hybridized carbons (Fsp3) is 0.286. The van der Waals surface area contributed by atoms with Gasteiger partial charge in [-0.15, -0.1) is 0 Å². The third-order valence-electron chi connectivity index (χ3n) is 1.29. The van der Waals surface area contributed by atoms with E-state index in [0.717, 1.165) is 5.70 Å². The van der Waals surface area contributed by atoms with Crippen LogP contribution in [0.4, 0.5) is 0 Å². The SMILES string of the molecule is CC1=C(C#N)CC=NC=N1. The van der Waals surface area contributed by atoms with E-state index in [1.165, 1.54) is 6.34 Å². The molecule has 0 aliphatic carbocycles. The van der Waals surface area contributed by atoms with E-state index in [4.69, 9.17) is 5.26 Å². The van der Waals surface area contributed by atoms with Gasteiger partial charge in [0.25, 0.3) is 0 Å². The van der Waals surface area contributed by atoms with Crippen molar-refractivity contribution in [2.45, 2.75) is 13.3 Å². The molecule has 0 fully saturated rings. The monoisotopic (exact) mass is 133 g/mol. The topological polar surface area (TPSA) is 48.5 Å². The maximum absolute atomic E-state index is 8.54. The Kier molecular flexibility index (Phi) is 1.96. The van der Waals surface area contributed by atoms with Crippen molar-refractivity contribution in [1.29, 1.82) is 5.26 Å². The molecule has 0 spiro atoms. The Hall–Kier alpha value is -1.43. The van der Waals surface area contributed by atoms with Crippen LogP contribution in [0.25, 0.3) is 0 Å². The van der Waals surface area contributed by atoms with E-state index < -0.39 is 0 Å². The highest BCUT2D eigenvalue weighted by atomic mass is 14.9. The summed E-state index contributed by atoms with van der Waals surface area (Å²) in [7, 11) is 0. The maximum atomic E-state index is 8.54. The normalized spacial score (nSPS) is 16.8. The summed E-state index contributed by atoms with van der Waals surface area (Å²) in [5.41, 5.74) is 1.46. The highest BCUT2D eigenvalue weighted by molar-refractivity contribution is 5.77. The Balaban J connectivity index is 2.96. The quantitative estimate of drug-likeness (QED) is 0.491. The van der Waals surface area contributed by atoms with Crippen molar-refractivity contribution in [3.63, 3.8) is 0 Å². The molecule has 1 aliphatic rings. The number of hydrogen-bond acceptors (Lipinski definition) is 3. The third kappa shape index (κ3) is 1.29. The van der Waals surface area contributed by atoms with Crippen LogP contribution in [-0.2, 0) is 0 Å². The first-order valence-electron chi connectivity index (χ1n) is 2.98. The van der Waals surface area contributed by atoms with Gasteiger partial charge in [0.2, 0.25) is 0 Å². The summed E-state index contributed by atoms with van der Waals surface area (Å²) >= 11 is 0. The van der Waals surface area contributed by atoms with Crippen molar-refractivity contribution in [1.82, 2.24) is 0 Å². The lowest BCUT2D eigenvalue weighted by atomic mass is 10.2. The summed E-state index contributed by atoms with van der Waals surface area (Å²) in [6.45, 7) is 1.81. The molecule has 1 heterocycles. The van der Waals surface area contributed by atoms with Gasteiger partial charge in [0.1, 0.15) is 6.34 Å². The van der Waals surface area contributed by atoms with Crippen LogP contribution >= 0.6 is 0 Å². The molecule has 0 aromatic carbocycles. The van der Waals surface area contributed by atoms with Crippen LogP contribution in [0.15, 0.2) is 21.3 Å². The molecule has 0 bridgehead atoms.